The third kappa shape index (κ3) is 3.15. The fourth-order valence-corrected chi connectivity index (χ4v) is 2.23. The van der Waals surface area contributed by atoms with Gasteiger partial charge in [-0.05, 0) is 12.1 Å². The highest BCUT2D eigenvalue weighted by Crippen LogP contribution is 2.18. The molecule has 0 unspecified atom stereocenters. The van der Waals surface area contributed by atoms with E-state index in [-0.39, 0.29) is 17.1 Å². The SMILES string of the molecule is C=CCOS(=O)(=O)c1ccccc1C(=O)OC. The molecule has 0 atom stereocenters. The van der Waals surface area contributed by atoms with Crippen LogP contribution in [0.3, 0.4) is 0 Å². The van der Waals surface area contributed by atoms with Crippen molar-refractivity contribution in [2.45, 2.75) is 4.90 Å². The van der Waals surface area contributed by atoms with Gasteiger partial charge in [0.15, 0.2) is 0 Å². The fourth-order valence-electron chi connectivity index (χ4n) is 1.16. The van der Waals surface area contributed by atoms with E-state index in [0.29, 0.717) is 0 Å². The molecule has 0 aromatic heterocycles. The summed E-state index contributed by atoms with van der Waals surface area (Å²) in [7, 11) is -2.80. The molecule has 0 amide bonds. The van der Waals surface area contributed by atoms with Crippen molar-refractivity contribution in [3.63, 3.8) is 0 Å². The maximum Gasteiger partial charge on any atom is 0.339 e. The maximum absolute atomic E-state index is 11.8. The molecule has 17 heavy (non-hydrogen) atoms. The zero-order valence-electron chi connectivity index (χ0n) is 9.25. The summed E-state index contributed by atoms with van der Waals surface area (Å²) in [6, 6.07) is 5.68. The van der Waals surface area contributed by atoms with Crippen LogP contribution in [-0.2, 0) is 19.0 Å². The molecule has 92 valence electrons. The number of rotatable bonds is 5. The Bertz CT molecular complexity index is 518. The van der Waals surface area contributed by atoms with Gasteiger partial charge >= 0.3 is 5.97 Å². The van der Waals surface area contributed by atoms with E-state index in [2.05, 4.69) is 15.5 Å². The van der Waals surface area contributed by atoms with Crippen molar-refractivity contribution in [3.05, 3.63) is 42.5 Å². The maximum atomic E-state index is 11.8. The largest absolute Gasteiger partial charge is 0.465 e. The zero-order chi connectivity index (χ0) is 12.9. The van der Waals surface area contributed by atoms with E-state index >= 15 is 0 Å². The highest BCUT2D eigenvalue weighted by atomic mass is 32.2. The molecule has 0 aliphatic rings. The van der Waals surface area contributed by atoms with Gasteiger partial charge in [-0.2, -0.15) is 8.42 Å². The molecule has 1 aromatic rings. The van der Waals surface area contributed by atoms with Crippen molar-refractivity contribution < 1.29 is 22.1 Å². The third-order valence-electron chi connectivity index (χ3n) is 1.90. The molecule has 0 bridgehead atoms. The van der Waals surface area contributed by atoms with Crippen LogP contribution in [0.25, 0.3) is 0 Å². The van der Waals surface area contributed by atoms with Crippen LogP contribution in [0.1, 0.15) is 10.4 Å². The third-order valence-corrected chi connectivity index (χ3v) is 3.24. The van der Waals surface area contributed by atoms with Crippen molar-refractivity contribution in [3.8, 4) is 0 Å². The fraction of sp³-hybridized carbons (Fsp3) is 0.182. The highest BCUT2D eigenvalue weighted by molar-refractivity contribution is 7.86. The lowest BCUT2D eigenvalue weighted by Gasteiger charge is -2.07. The Morgan fingerprint density at radius 2 is 2.06 bits per heavy atom. The summed E-state index contributed by atoms with van der Waals surface area (Å²) in [5.41, 5.74) is -0.0564. The lowest BCUT2D eigenvalue weighted by molar-refractivity contribution is 0.0596. The van der Waals surface area contributed by atoms with Crippen molar-refractivity contribution >= 4 is 16.1 Å². The van der Waals surface area contributed by atoms with Crippen molar-refractivity contribution in [2.24, 2.45) is 0 Å². The van der Waals surface area contributed by atoms with Gasteiger partial charge in [0.2, 0.25) is 0 Å². The van der Waals surface area contributed by atoms with Gasteiger partial charge in [0, 0.05) is 0 Å². The molecule has 0 radical (unpaired) electrons. The second-order valence-corrected chi connectivity index (χ2v) is 4.60. The van der Waals surface area contributed by atoms with Gasteiger partial charge in [0.05, 0.1) is 19.3 Å². The lowest BCUT2D eigenvalue weighted by Crippen LogP contribution is -2.13. The molecule has 0 spiro atoms. The molecule has 1 aromatic carbocycles. The second-order valence-electron chi connectivity index (χ2n) is 3.02. The van der Waals surface area contributed by atoms with Crippen LogP contribution < -0.4 is 0 Å². The highest BCUT2D eigenvalue weighted by Gasteiger charge is 2.22. The normalized spacial score (nSPS) is 10.9. The number of benzene rings is 1. The molecule has 0 saturated heterocycles. The number of carbonyl (C=O) groups is 1. The summed E-state index contributed by atoms with van der Waals surface area (Å²) in [6.07, 6.45) is 1.30. The van der Waals surface area contributed by atoms with Gasteiger partial charge < -0.3 is 4.74 Å². The zero-order valence-corrected chi connectivity index (χ0v) is 10.1. The molecule has 0 fully saturated rings. The quantitative estimate of drug-likeness (QED) is 0.452. The predicted molar refractivity (Wildman–Crippen MR) is 61.1 cm³/mol. The average molecular weight is 256 g/mol. The Morgan fingerprint density at radius 3 is 2.65 bits per heavy atom. The Hall–Kier alpha value is -1.66. The van der Waals surface area contributed by atoms with Crippen molar-refractivity contribution in [1.29, 1.82) is 0 Å². The van der Waals surface area contributed by atoms with Crippen molar-refractivity contribution in [1.82, 2.24) is 0 Å². The molecular weight excluding hydrogens is 244 g/mol. The van der Waals surface area contributed by atoms with E-state index in [1.807, 2.05) is 0 Å². The Morgan fingerprint density at radius 1 is 1.41 bits per heavy atom. The molecule has 6 heteroatoms. The monoisotopic (exact) mass is 256 g/mol. The summed E-state index contributed by atoms with van der Waals surface area (Å²) < 4.78 is 32.7. The van der Waals surface area contributed by atoms with E-state index in [1.54, 1.807) is 6.07 Å². The standard InChI is InChI=1S/C11H12O5S/c1-3-8-16-17(13,14)10-7-5-4-6-9(10)11(12)15-2/h3-7H,1,8H2,2H3. The topological polar surface area (TPSA) is 69.7 Å². The Balaban J connectivity index is 3.22. The molecule has 0 heterocycles. The summed E-state index contributed by atoms with van der Waals surface area (Å²) in [5, 5.41) is 0. The van der Waals surface area contributed by atoms with E-state index < -0.39 is 16.1 Å². The first-order valence-corrected chi connectivity index (χ1v) is 6.11. The van der Waals surface area contributed by atoms with Crippen LogP contribution in [-0.4, -0.2) is 28.1 Å². The number of hydrogen-bond acceptors (Lipinski definition) is 5. The lowest BCUT2D eigenvalue weighted by atomic mass is 10.2. The van der Waals surface area contributed by atoms with Crippen LogP contribution in [0, 0.1) is 0 Å². The summed E-state index contributed by atoms with van der Waals surface area (Å²) >= 11 is 0. The minimum Gasteiger partial charge on any atom is -0.465 e. The van der Waals surface area contributed by atoms with Gasteiger partial charge in [0.1, 0.15) is 4.90 Å². The van der Waals surface area contributed by atoms with Crippen LogP contribution in [0.2, 0.25) is 0 Å². The van der Waals surface area contributed by atoms with E-state index in [4.69, 9.17) is 0 Å². The van der Waals surface area contributed by atoms with Crippen LogP contribution in [0.4, 0.5) is 0 Å². The van der Waals surface area contributed by atoms with Gasteiger partial charge in [-0.15, -0.1) is 6.58 Å². The molecule has 1 rings (SSSR count). The Kier molecular flexibility index (Phi) is 4.42. The minimum absolute atomic E-state index is 0.0564. The molecule has 0 saturated carbocycles. The number of carbonyl (C=O) groups excluding carboxylic acids is 1. The second kappa shape index (κ2) is 5.60. The van der Waals surface area contributed by atoms with E-state index in [9.17, 15) is 13.2 Å². The van der Waals surface area contributed by atoms with Crippen LogP contribution in [0.5, 0.6) is 0 Å². The molecule has 5 nitrogen and oxygen atoms in total. The first kappa shape index (κ1) is 13.4. The van der Waals surface area contributed by atoms with E-state index in [1.165, 1.54) is 31.4 Å². The van der Waals surface area contributed by atoms with Crippen LogP contribution in [0.15, 0.2) is 41.8 Å². The molecule has 0 N–H and O–H groups in total. The Labute approximate surface area is 99.8 Å². The number of hydrogen-bond donors (Lipinski definition) is 0. The van der Waals surface area contributed by atoms with Gasteiger partial charge in [-0.1, -0.05) is 18.2 Å². The summed E-state index contributed by atoms with van der Waals surface area (Å²) in [5.74, 6) is -0.730. The van der Waals surface area contributed by atoms with Crippen molar-refractivity contribution in [2.75, 3.05) is 13.7 Å². The van der Waals surface area contributed by atoms with Gasteiger partial charge in [-0.25, -0.2) is 4.79 Å². The molecule has 0 aliphatic heterocycles. The smallest absolute Gasteiger partial charge is 0.339 e. The van der Waals surface area contributed by atoms with Crippen LogP contribution >= 0.6 is 0 Å². The van der Waals surface area contributed by atoms with Gasteiger partial charge in [0.25, 0.3) is 10.1 Å². The first-order chi connectivity index (χ1) is 8.03. The minimum atomic E-state index is -3.98. The number of methoxy groups -OCH3 is 1. The van der Waals surface area contributed by atoms with Gasteiger partial charge in [-0.3, -0.25) is 4.18 Å². The number of ether oxygens (including phenoxy) is 1. The molecule has 0 aliphatic carbocycles. The predicted octanol–water partition coefficient (Wildman–Crippen LogP) is 1.36. The summed E-state index contributed by atoms with van der Waals surface area (Å²) in [4.78, 5) is 11.2. The van der Waals surface area contributed by atoms with E-state index in [0.717, 1.165) is 0 Å². The number of esters is 1. The first-order valence-electron chi connectivity index (χ1n) is 4.70. The summed E-state index contributed by atoms with van der Waals surface area (Å²) in [6.45, 7) is 3.20. The molecular formula is C11H12O5S. The average Bonchev–Trinajstić information content (AvgIpc) is 2.35.